The Morgan fingerprint density at radius 3 is 2.60 bits per heavy atom. The molecule has 0 aliphatic heterocycles. The van der Waals surface area contributed by atoms with Crippen LogP contribution in [-0.2, 0) is 6.54 Å². The molecule has 0 spiro atoms. The van der Waals surface area contributed by atoms with Gasteiger partial charge in [-0.15, -0.1) is 0 Å². The molecular weight excluding hydrogens is 256 g/mol. The lowest BCUT2D eigenvalue weighted by atomic mass is 9.97. The van der Waals surface area contributed by atoms with Crippen molar-refractivity contribution < 1.29 is 8.78 Å². The first-order chi connectivity index (χ1) is 9.63. The van der Waals surface area contributed by atoms with E-state index in [9.17, 15) is 8.78 Å². The normalized spacial score (nSPS) is 14.6. The first-order valence-electron chi connectivity index (χ1n) is 6.92. The summed E-state index contributed by atoms with van der Waals surface area (Å²) in [7, 11) is 0. The third-order valence-corrected chi connectivity index (χ3v) is 3.64. The van der Waals surface area contributed by atoms with E-state index < -0.39 is 5.82 Å². The molecule has 1 N–H and O–H groups in total. The van der Waals surface area contributed by atoms with E-state index in [-0.39, 0.29) is 5.82 Å². The molecule has 1 aliphatic carbocycles. The minimum absolute atomic E-state index is 0.335. The second kappa shape index (κ2) is 5.33. The van der Waals surface area contributed by atoms with Crippen LogP contribution in [0.5, 0.6) is 0 Å². The quantitative estimate of drug-likeness (QED) is 0.880. The van der Waals surface area contributed by atoms with Crippen molar-refractivity contribution in [3.8, 4) is 11.1 Å². The average Bonchev–Trinajstić information content (AvgIpc) is 3.24. The Morgan fingerprint density at radius 1 is 1.05 bits per heavy atom. The summed E-state index contributed by atoms with van der Waals surface area (Å²) < 4.78 is 27.4. The van der Waals surface area contributed by atoms with Gasteiger partial charge in [-0.25, -0.2) is 8.78 Å². The molecule has 0 saturated heterocycles. The second-order valence-corrected chi connectivity index (χ2v) is 5.44. The Labute approximate surface area is 117 Å². The Morgan fingerprint density at radius 2 is 1.85 bits per heavy atom. The van der Waals surface area contributed by atoms with Crippen LogP contribution in [0.15, 0.2) is 36.4 Å². The number of benzene rings is 2. The first kappa shape index (κ1) is 13.3. The second-order valence-electron chi connectivity index (χ2n) is 5.44. The summed E-state index contributed by atoms with van der Waals surface area (Å²) in [5.74, 6) is -0.798. The van der Waals surface area contributed by atoms with E-state index in [0.29, 0.717) is 18.2 Å². The van der Waals surface area contributed by atoms with Gasteiger partial charge in [0.15, 0.2) is 0 Å². The van der Waals surface area contributed by atoms with Gasteiger partial charge < -0.3 is 5.32 Å². The highest BCUT2D eigenvalue weighted by molar-refractivity contribution is 5.69. The molecule has 0 heterocycles. The summed E-state index contributed by atoms with van der Waals surface area (Å²) in [6, 6.07) is 10.1. The van der Waals surface area contributed by atoms with Gasteiger partial charge in [0.1, 0.15) is 11.6 Å². The Kier molecular flexibility index (Phi) is 3.53. The van der Waals surface area contributed by atoms with Crippen molar-refractivity contribution in [2.45, 2.75) is 32.4 Å². The number of halogens is 2. The van der Waals surface area contributed by atoms with Crippen LogP contribution in [0, 0.1) is 18.6 Å². The van der Waals surface area contributed by atoms with Crippen molar-refractivity contribution in [2.75, 3.05) is 0 Å². The highest BCUT2D eigenvalue weighted by Crippen LogP contribution is 2.29. The molecule has 1 saturated carbocycles. The summed E-state index contributed by atoms with van der Waals surface area (Å²) in [5.41, 5.74) is 3.15. The molecule has 0 bridgehead atoms. The van der Waals surface area contributed by atoms with Crippen LogP contribution < -0.4 is 5.32 Å². The highest BCUT2D eigenvalue weighted by Gasteiger charge is 2.21. The molecule has 2 aromatic rings. The highest BCUT2D eigenvalue weighted by atomic mass is 19.1. The third-order valence-electron chi connectivity index (χ3n) is 3.64. The molecule has 0 radical (unpaired) electrons. The molecule has 1 aliphatic rings. The number of nitrogens with one attached hydrogen (secondary N) is 1. The number of hydrogen-bond acceptors (Lipinski definition) is 1. The molecule has 3 heteroatoms. The van der Waals surface area contributed by atoms with Crippen LogP contribution in [0.25, 0.3) is 11.1 Å². The van der Waals surface area contributed by atoms with Crippen molar-refractivity contribution in [1.29, 1.82) is 0 Å². The molecular formula is C17H17F2N. The Hall–Kier alpha value is -1.74. The fourth-order valence-electron chi connectivity index (χ4n) is 2.34. The third kappa shape index (κ3) is 2.88. The predicted octanol–water partition coefficient (Wildman–Crippen LogP) is 4.19. The zero-order valence-electron chi connectivity index (χ0n) is 11.4. The zero-order valence-corrected chi connectivity index (χ0v) is 11.4. The van der Waals surface area contributed by atoms with Crippen LogP contribution in [0.4, 0.5) is 8.78 Å². The Bertz CT molecular complexity index is 633. The van der Waals surface area contributed by atoms with Crippen molar-refractivity contribution in [3.63, 3.8) is 0 Å². The Balaban J connectivity index is 2.00. The summed E-state index contributed by atoms with van der Waals surface area (Å²) in [6.07, 6.45) is 2.41. The standard InChI is InChI=1S/C17H17F2N/c1-11-2-3-12(10-20-14-5-6-14)15(8-11)16-9-13(18)4-7-17(16)19/h2-4,7-9,14,20H,5-6,10H2,1H3. The molecule has 1 fully saturated rings. The summed E-state index contributed by atoms with van der Waals surface area (Å²) in [5, 5.41) is 3.42. The molecule has 0 amide bonds. The molecule has 0 aromatic heterocycles. The molecule has 0 unspecified atom stereocenters. The molecule has 104 valence electrons. The average molecular weight is 273 g/mol. The van der Waals surface area contributed by atoms with E-state index in [4.69, 9.17) is 0 Å². The summed E-state index contributed by atoms with van der Waals surface area (Å²) in [4.78, 5) is 0. The van der Waals surface area contributed by atoms with Crippen molar-refractivity contribution in [3.05, 3.63) is 59.2 Å². The maximum atomic E-state index is 14.0. The molecule has 0 atom stereocenters. The lowest BCUT2D eigenvalue weighted by Crippen LogP contribution is -2.16. The van der Waals surface area contributed by atoms with Gasteiger partial charge in [0.25, 0.3) is 0 Å². The van der Waals surface area contributed by atoms with E-state index in [2.05, 4.69) is 5.32 Å². The lowest BCUT2D eigenvalue weighted by molar-refractivity contribution is 0.602. The van der Waals surface area contributed by atoms with Crippen molar-refractivity contribution in [2.24, 2.45) is 0 Å². The summed E-state index contributed by atoms with van der Waals surface area (Å²) >= 11 is 0. The largest absolute Gasteiger partial charge is 0.310 e. The fourth-order valence-corrected chi connectivity index (χ4v) is 2.34. The SMILES string of the molecule is Cc1ccc(CNC2CC2)c(-c2cc(F)ccc2F)c1. The van der Waals surface area contributed by atoms with Gasteiger partial charge in [0.2, 0.25) is 0 Å². The van der Waals surface area contributed by atoms with E-state index in [1.165, 1.54) is 25.0 Å². The lowest BCUT2D eigenvalue weighted by Gasteiger charge is -2.13. The first-order valence-corrected chi connectivity index (χ1v) is 6.92. The number of hydrogen-bond donors (Lipinski definition) is 1. The molecule has 20 heavy (non-hydrogen) atoms. The van der Waals surface area contributed by atoms with Gasteiger partial charge in [-0.2, -0.15) is 0 Å². The van der Waals surface area contributed by atoms with Gasteiger partial charge >= 0.3 is 0 Å². The fraction of sp³-hybridized carbons (Fsp3) is 0.294. The molecule has 2 aromatic carbocycles. The zero-order chi connectivity index (χ0) is 14.1. The monoisotopic (exact) mass is 273 g/mol. The van der Waals surface area contributed by atoms with Gasteiger partial charge in [0, 0.05) is 18.2 Å². The van der Waals surface area contributed by atoms with Gasteiger partial charge in [-0.1, -0.05) is 23.8 Å². The van der Waals surface area contributed by atoms with Crippen LogP contribution in [0.1, 0.15) is 24.0 Å². The van der Waals surface area contributed by atoms with Crippen LogP contribution >= 0.6 is 0 Å². The summed E-state index contributed by atoms with van der Waals surface area (Å²) in [6.45, 7) is 2.65. The van der Waals surface area contributed by atoms with E-state index in [1.807, 2.05) is 25.1 Å². The van der Waals surface area contributed by atoms with E-state index in [0.717, 1.165) is 22.8 Å². The van der Waals surface area contributed by atoms with Crippen LogP contribution in [-0.4, -0.2) is 6.04 Å². The topological polar surface area (TPSA) is 12.0 Å². The van der Waals surface area contributed by atoms with Gasteiger partial charge in [-0.05, 0) is 49.1 Å². The smallest absolute Gasteiger partial charge is 0.131 e. The van der Waals surface area contributed by atoms with Crippen molar-refractivity contribution in [1.82, 2.24) is 5.32 Å². The minimum Gasteiger partial charge on any atom is -0.310 e. The van der Waals surface area contributed by atoms with E-state index in [1.54, 1.807) is 0 Å². The number of aryl methyl sites for hydroxylation is 1. The molecule has 3 rings (SSSR count). The molecule has 1 nitrogen and oxygen atoms in total. The maximum absolute atomic E-state index is 14.0. The van der Waals surface area contributed by atoms with Gasteiger partial charge in [-0.3, -0.25) is 0 Å². The van der Waals surface area contributed by atoms with Gasteiger partial charge in [0.05, 0.1) is 0 Å². The van der Waals surface area contributed by atoms with Crippen LogP contribution in [0.3, 0.4) is 0 Å². The maximum Gasteiger partial charge on any atom is 0.131 e. The predicted molar refractivity (Wildman–Crippen MR) is 76.4 cm³/mol. The number of rotatable bonds is 4. The van der Waals surface area contributed by atoms with Crippen LogP contribution in [0.2, 0.25) is 0 Å². The minimum atomic E-state index is -0.413. The van der Waals surface area contributed by atoms with E-state index >= 15 is 0 Å². The van der Waals surface area contributed by atoms with Crippen molar-refractivity contribution >= 4 is 0 Å².